The Hall–Kier alpha value is -1.95. The maximum Gasteiger partial charge on any atom is 0.191 e. The SMILES string of the molecule is CN=C(NCCN(CC1CC1)C1CC1)NCC1COc2ccccc2O1. The van der Waals surface area contributed by atoms with E-state index in [1.54, 1.807) is 0 Å². The minimum absolute atomic E-state index is 0.0127. The molecule has 1 atom stereocenters. The first-order valence-corrected chi connectivity index (χ1v) is 9.89. The van der Waals surface area contributed by atoms with E-state index in [0.717, 1.165) is 42.5 Å². The Kier molecular flexibility index (Phi) is 5.48. The third-order valence-corrected chi connectivity index (χ3v) is 5.23. The van der Waals surface area contributed by atoms with Crippen LogP contribution in [0.4, 0.5) is 0 Å². The minimum atomic E-state index is -0.0127. The lowest BCUT2D eigenvalue weighted by atomic mass is 10.2. The molecule has 142 valence electrons. The summed E-state index contributed by atoms with van der Waals surface area (Å²) in [5.41, 5.74) is 0. The molecule has 2 saturated carbocycles. The normalized spacial score (nSPS) is 22.4. The average molecular weight is 358 g/mol. The van der Waals surface area contributed by atoms with Crippen molar-refractivity contribution < 1.29 is 9.47 Å². The van der Waals surface area contributed by atoms with Gasteiger partial charge >= 0.3 is 0 Å². The topological polar surface area (TPSA) is 58.1 Å². The number of guanidine groups is 1. The predicted molar refractivity (Wildman–Crippen MR) is 103 cm³/mol. The summed E-state index contributed by atoms with van der Waals surface area (Å²) in [6, 6.07) is 8.64. The van der Waals surface area contributed by atoms with Gasteiger partial charge in [-0.05, 0) is 43.7 Å². The number of ether oxygens (including phenoxy) is 2. The Balaban J connectivity index is 1.18. The van der Waals surface area contributed by atoms with Gasteiger partial charge in [0.2, 0.25) is 0 Å². The van der Waals surface area contributed by atoms with E-state index < -0.39 is 0 Å². The monoisotopic (exact) mass is 358 g/mol. The molecule has 4 rings (SSSR count). The fourth-order valence-corrected chi connectivity index (χ4v) is 3.41. The van der Waals surface area contributed by atoms with Gasteiger partial charge < -0.3 is 20.1 Å². The molecule has 0 saturated heterocycles. The van der Waals surface area contributed by atoms with Crippen molar-refractivity contribution in [2.75, 3.05) is 39.8 Å². The van der Waals surface area contributed by atoms with E-state index in [0.29, 0.717) is 13.2 Å². The van der Waals surface area contributed by atoms with Crippen LogP contribution in [0.5, 0.6) is 11.5 Å². The van der Waals surface area contributed by atoms with Gasteiger partial charge in [0.15, 0.2) is 17.5 Å². The number of fused-ring (bicyclic) bond motifs is 1. The number of nitrogens with one attached hydrogen (secondary N) is 2. The van der Waals surface area contributed by atoms with Crippen molar-refractivity contribution in [3.8, 4) is 11.5 Å². The van der Waals surface area contributed by atoms with Crippen LogP contribution in [-0.2, 0) is 0 Å². The van der Waals surface area contributed by atoms with Crippen LogP contribution in [0.3, 0.4) is 0 Å². The lowest BCUT2D eigenvalue weighted by molar-refractivity contribution is 0.0936. The molecule has 6 nitrogen and oxygen atoms in total. The number of hydrogen-bond donors (Lipinski definition) is 2. The Bertz CT molecular complexity index is 628. The van der Waals surface area contributed by atoms with Gasteiger partial charge in [-0.1, -0.05) is 12.1 Å². The van der Waals surface area contributed by atoms with Gasteiger partial charge in [-0.2, -0.15) is 0 Å². The highest BCUT2D eigenvalue weighted by Gasteiger charge is 2.33. The largest absolute Gasteiger partial charge is 0.486 e. The summed E-state index contributed by atoms with van der Waals surface area (Å²) in [6.45, 7) is 4.53. The summed E-state index contributed by atoms with van der Waals surface area (Å²) in [4.78, 5) is 6.99. The molecule has 3 aliphatic rings. The Labute approximate surface area is 156 Å². The van der Waals surface area contributed by atoms with Crippen LogP contribution in [0.1, 0.15) is 25.7 Å². The van der Waals surface area contributed by atoms with Crippen molar-refractivity contribution in [3.63, 3.8) is 0 Å². The van der Waals surface area contributed by atoms with Crippen molar-refractivity contribution in [3.05, 3.63) is 24.3 Å². The van der Waals surface area contributed by atoms with E-state index in [1.165, 1.54) is 32.2 Å². The van der Waals surface area contributed by atoms with Crippen LogP contribution in [0.2, 0.25) is 0 Å². The van der Waals surface area contributed by atoms with E-state index in [-0.39, 0.29) is 6.10 Å². The first kappa shape index (κ1) is 17.5. The van der Waals surface area contributed by atoms with E-state index in [1.807, 2.05) is 31.3 Å². The Morgan fingerprint density at radius 2 is 1.96 bits per heavy atom. The average Bonchev–Trinajstić information content (AvgIpc) is 3.56. The second-order valence-corrected chi connectivity index (χ2v) is 7.55. The first-order valence-electron chi connectivity index (χ1n) is 9.89. The highest BCUT2D eigenvalue weighted by atomic mass is 16.6. The van der Waals surface area contributed by atoms with Crippen molar-refractivity contribution in [2.24, 2.45) is 10.9 Å². The zero-order valence-electron chi connectivity index (χ0n) is 15.6. The number of aliphatic imine (C=N–C) groups is 1. The molecule has 1 unspecified atom stereocenters. The molecule has 6 heteroatoms. The molecule has 2 aliphatic carbocycles. The first-order chi connectivity index (χ1) is 12.8. The third kappa shape index (κ3) is 4.81. The lowest BCUT2D eigenvalue weighted by Gasteiger charge is -2.27. The van der Waals surface area contributed by atoms with Crippen molar-refractivity contribution in [1.29, 1.82) is 0 Å². The molecule has 1 aliphatic heterocycles. The van der Waals surface area contributed by atoms with Crippen molar-refractivity contribution in [2.45, 2.75) is 37.8 Å². The smallest absolute Gasteiger partial charge is 0.191 e. The quantitative estimate of drug-likeness (QED) is 0.549. The molecule has 1 heterocycles. The summed E-state index contributed by atoms with van der Waals surface area (Å²) in [5.74, 6) is 3.42. The molecular formula is C20H30N4O2. The van der Waals surface area contributed by atoms with Crippen LogP contribution in [0.25, 0.3) is 0 Å². The number of nitrogens with zero attached hydrogens (tertiary/aromatic N) is 2. The Morgan fingerprint density at radius 1 is 1.15 bits per heavy atom. The molecule has 1 aromatic carbocycles. The summed E-state index contributed by atoms with van der Waals surface area (Å²) < 4.78 is 11.7. The molecule has 26 heavy (non-hydrogen) atoms. The Morgan fingerprint density at radius 3 is 2.69 bits per heavy atom. The van der Waals surface area contributed by atoms with Crippen molar-refractivity contribution >= 4 is 5.96 Å². The van der Waals surface area contributed by atoms with Gasteiger partial charge in [-0.25, -0.2) is 0 Å². The number of para-hydroxylation sites is 2. The van der Waals surface area contributed by atoms with Gasteiger partial charge in [0.25, 0.3) is 0 Å². The number of hydrogen-bond acceptors (Lipinski definition) is 4. The maximum absolute atomic E-state index is 5.98. The molecule has 0 aromatic heterocycles. The van der Waals surface area contributed by atoms with Gasteiger partial charge in [0.05, 0.1) is 6.54 Å². The van der Waals surface area contributed by atoms with Crippen LogP contribution < -0.4 is 20.1 Å². The van der Waals surface area contributed by atoms with Crippen LogP contribution >= 0.6 is 0 Å². The minimum Gasteiger partial charge on any atom is -0.486 e. The van der Waals surface area contributed by atoms with Crippen LogP contribution in [0, 0.1) is 5.92 Å². The van der Waals surface area contributed by atoms with E-state index in [9.17, 15) is 0 Å². The second-order valence-electron chi connectivity index (χ2n) is 7.55. The summed E-state index contributed by atoms with van der Waals surface area (Å²) >= 11 is 0. The van der Waals surface area contributed by atoms with E-state index >= 15 is 0 Å². The highest BCUT2D eigenvalue weighted by molar-refractivity contribution is 5.79. The molecular weight excluding hydrogens is 328 g/mol. The molecule has 0 spiro atoms. The standard InChI is InChI=1S/C20H30N4O2/c1-21-20(22-10-11-24(16-8-9-16)13-15-6-7-15)23-12-17-14-25-18-4-2-3-5-19(18)26-17/h2-5,15-17H,6-14H2,1H3,(H2,21,22,23). The second kappa shape index (κ2) is 8.16. The fourth-order valence-electron chi connectivity index (χ4n) is 3.41. The molecule has 2 N–H and O–H groups in total. The zero-order valence-corrected chi connectivity index (χ0v) is 15.6. The highest BCUT2D eigenvalue weighted by Crippen LogP contribution is 2.34. The molecule has 0 bridgehead atoms. The van der Waals surface area contributed by atoms with Gasteiger partial charge in [-0.15, -0.1) is 0 Å². The summed E-state index contributed by atoms with van der Waals surface area (Å²) in [6.07, 6.45) is 5.58. The summed E-state index contributed by atoms with van der Waals surface area (Å²) in [7, 11) is 1.81. The molecule has 1 aromatic rings. The maximum atomic E-state index is 5.98. The van der Waals surface area contributed by atoms with Gasteiger partial charge in [-0.3, -0.25) is 9.89 Å². The summed E-state index contributed by atoms with van der Waals surface area (Å²) in [5, 5.41) is 6.79. The number of rotatable bonds is 8. The zero-order chi connectivity index (χ0) is 17.8. The van der Waals surface area contributed by atoms with Crippen LogP contribution in [0.15, 0.2) is 29.3 Å². The van der Waals surface area contributed by atoms with Crippen molar-refractivity contribution in [1.82, 2.24) is 15.5 Å². The number of benzene rings is 1. The molecule has 0 amide bonds. The lowest BCUT2D eigenvalue weighted by Crippen LogP contribution is -2.47. The van der Waals surface area contributed by atoms with Gasteiger partial charge in [0, 0.05) is 32.7 Å². The molecule has 2 fully saturated rings. The van der Waals surface area contributed by atoms with Crippen LogP contribution in [-0.4, -0.2) is 62.8 Å². The van der Waals surface area contributed by atoms with E-state index in [2.05, 4.69) is 20.5 Å². The van der Waals surface area contributed by atoms with E-state index in [4.69, 9.17) is 9.47 Å². The predicted octanol–water partition coefficient (Wildman–Crippen LogP) is 1.87. The van der Waals surface area contributed by atoms with Gasteiger partial charge in [0.1, 0.15) is 12.7 Å². The fraction of sp³-hybridized carbons (Fsp3) is 0.650. The molecule has 0 radical (unpaired) electrons. The third-order valence-electron chi connectivity index (χ3n) is 5.23.